The molecule has 44 heteroatoms. The third kappa shape index (κ3) is 32.1. The molecule has 0 spiro atoms. The highest BCUT2D eigenvalue weighted by atomic mass is 31.2. The number of unbranched alkanes of at least 4 members (excludes halogenated alkanes) is 9. The number of methoxy groups -OCH3 is 1. The van der Waals surface area contributed by atoms with Crippen molar-refractivity contribution in [2.45, 2.75) is 265 Å². The molecule has 6 amide bonds. The van der Waals surface area contributed by atoms with Crippen LogP contribution in [0.15, 0.2) is 0 Å². The summed E-state index contributed by atoms with van der Waals surface area (Å²) in [4.78, 5) is 100. The van der Waals surface area contributed by atoms with Crippen LogP contribution < -0.4 is 41.7 Å². The molecule has 0 aromatic carbocycles. The largest absolute Gasteiger partial charge is 0.756 e. The van der Waals surface area contributed by atoms with Crippen molar-refractivity contribution >= 4 is 51.1 Å². The topological polar surface area (TPSA) is 594 Å². The lowest BCUT2D eigenvalue weighted by Crippen LogP contribution is -2.64. The van der Waals surface area contributed by atoms with E-state index >= 15 is 0 Å². The molecular weight excluding hydrogens is 1500 g/mol. The first-order valence-corrected chi connectivity index (χ1v) is 39.8. The number of hydrogen-bond donors (Lipinski definition) is 15. The zero-order valence-electron chi connectivity index (χ0n) is 62.0. The minimum atomic E-state index is -5.30. The Hall–Kier alpha value is -3.84. The van der Waals surface area contributed by atoms with Crippen LogP contribution in [0.3, 0.4) is 0 Å². The molecule has 0 aromatic rings. The van der Waals surface area contributed by atoms with E-state index in [-0.39, 0.29) is 52.2 Å². The molecule has 6 fully saturated rings. The maximum atomic E-state index is 13.6. The second-order valence-corrected chi connectivity index (χ2v) is 30.0. The molecule has 0 bridgehead atoms. The van der Waals surface area contributed by atoms with E-state index in [1.54, 1.807) is 6.92 Å². The number of aliphatic hydroxyl groups is 9. The highest BCUT2D eigenvalue weighted by Crippen LogP contribution is 2.48. The Morgan fingerprint density at radius 1 is 0.404 bits per heavy atom. The average Bonchev–Trinajstić information content (AvgIpc) is 1.81. The summed E-state index contributed by atoms with van der Waals surface area (Å²) in [5, 5.41) is 107. The van der Waals surface area contributed by atoms with E-state index in [4.69, 9.17) is 79.7 Å². The first-order chi connectivity index (χ1) is 52.0. The number of nitrogens with one attached hydrogen (secondary N) is 6. The zero-order valence-corrected chi connectivity index (χ0v) is 63.8. The van der Waals surface area contributed by atoms with Crippen LogP contribution in [0.5, 0.6) is 0 Å². The molecule has 0 aromatic heterocycles. The van der Waals surface area contributed by atoms with Gasteiger partial charge in [0, 0.05) is 92.5 Å². The lowest BCUT2D eigenvalue weighted by Gasteiger charge is -2.43. The van der Waals surface area contributed by atoms with Crippen molar-refractivity contribution in [3.63, 3.8) is 0 Å². The molecule has 26 atom stereocenters. The van der Waals surface area contributed by atoms with Gasteiger partial charge in [-0.2, -0.15) is 0 Å². The molecule has 0 aliphatic carbocycles. The smallest absolute Gasteiger partial charge is 0.268 e. The Kier molecular flexibility index (Phi) is 41.8. The van der Waals surface area contributed by atoms with Crippen molar-refractivity contribution < 1.29 is 173 Å². The summed E-state index contributed by atoms with van der Waals surface area (Å²) >= 11 is 0. The quantitative estimate of drug-likeness (QED) is 0.0199. The Balaban J connectivity index is 0.913. The summed E-state index contributed by atoms with van der Waals surface area (Å²) < 4.78 is 123. The Bertz CT molecular complexity index is 2820. The van der Waals surface area contributed by atoms with Gasteiger partial charge in [-0.1, -0.05) is 45.4 Å². The summed E-state index contributed by atoms with van der Waals surface area (Å²) in [5.41, 5.74) is 0. The molecule has 6 saturated heterocycles. The van der Waals surface area contributed by atoms with Gasteiger partial charge in [-0.15, -0.1) is 0 Å². The highest BCUT2D eigenvalue weighted by molar-refractivity contribution is 7.46. The van der Waals surface area contributed by atoms with Gasteiger partial charge >= 0.3 is 0 Å². The van der Waals surface area contributed by atoms with Crippen molar-refractivity contribution in [1.82, 2.24) is 31.9 Å². The molecular formula is C65H114N6O36P2-2. The molecule has 109 heavy (non-hydrogen) atoms. The minimum absolute atomic E-state index is 0.0781. The monoisotopic (exact) mass is 1620 g/mol. The Morgan fingerprint density at radius 3 is 1.06 bits per heavy atom. The van der Waals surface area contributed by atoms with Crippen LogP contribution in [-0.4, -0.2) is 329 Å². The van der Waals surface area contributed by atoms with Crippen LogP contribution in [0.25, 0.3) is 0 Å². The average molecular weight is 1620 g/mol. The first kappa shape index (κ1) is 94.0. The molecule has 6 aliphatic rings. The number of phosphoric ester groups is 2. The first-order valence-electron chi connectivity index (χ1n) is 36.9. The van der Waals surface area contributed by atoms with E-state index < -0.39 is 258 Å². The third-order valence-electron chi connectivity index (χ3n) is 18.7. The van der Waals surface area contributed by atoms with Gasteiger partial charge in [-0.3, -0.25) is 37.9 Å². The standard InChI is InChI=1S/C65H116N6O36P2/c1-36-43(27-72)103-63(55(58(36)82)69-37(2)76)95-33-49(79)66-18-12-6-9-15-21-92-52-24-40(91-5)47(101-52)31-98-109(89,90)107-42-26-54(94-23-17-11-8-14-20-68-51(81)35-97-65-57(71-39(4)78)62(86)60(84)46(30-75)105-65)102-48(42)32-99-108(87,88)106-41-25-53(100-44(41)28-73)93-22-16-10-7-13-19-67-50(80)34-96-64-56(70-38(3)77)61(85)59(83)45(29-74)104-64/h36,40-48,52-65,72-75,82-86H,6-35H2,1-5H3,(H,66,79)(H,67,80)(H,68,81)(H,69,76)(H,70,77)(H,71,78)(H,87,88)(H,89,90)/p-2/t36-,40+,41?,42?,43+,44+,45+,46+,47?,48+,52+,53+,54+,55+,56+,57+,58-,59-,60-,61+,62+,63+,64+,65+/m0/s1. The highest BCUT2D eigenvalue weighted by Gasteiger charge is 2.49. The summed E-state index contributed by atoms with van der Waals surface area (Å²) in [7, 11) is -9.18. The van der Waals surface area contributed by atoms with Crippen molar-refractivity contribution in [1.29, 1.82) is 0 Å². The van der Waals surface area contributed by atoms with Gasteiger partial charge in [0.25, 0.3) is 15.6 Å². The fourth-order valence-corrected chi connectivity index (χ4v) is 14.6. The van der Waals surface area contributed by atoms with E-state index in [2.05, 4.69) is 31.9 Å². The summed E-state index contributed by atoms with van der Waals surface area (Å²) in [6.07, 6.45) is -17.2. The molecule has 6 rings (SSSR count). The van der Waals surface area contributed by atoms with E-state index in [9.17, 15) is 93.6 Å². The predicted molar refractivity (Wildman–Crippen MR) is 364 cm³/mol. The lowest BCUT2D eigenvalue weighted by atomic mass is 9.89. The molecule has 42 nitrogen and oxygen atoms in total. The van der Waals surface area contributed by atoms with E-state index in [0.29, 0.717) is 83.6 Å². The summed E-state index contributed by atoms with van der Waals surface area (Å²) in [6.45, 7) is 1.33. The Morgan fingerprint density at radius 2 is 0.716 bits per heavy atom. The molecule has 632 valence electrons. The maximum absolute atomic E-state index is 13.6. The number of hydrogen-bond acceptors (Lipinski definition) is 36. The van der Waals surface area contributed by atoms with E-state index in [0.717, 1.165) is 0 Å². The molecule has 6 aliphatic heterocycles. The SMILES string of the molecule is CO[C@@H]1C[C@H](OCCCCCCNC(=O)CO[C@@H]2O[C@H](CO)[C@H](C)[C@H](O)[C@H]2NC(C)=O)OC1COP(=O)([O-])OC1C[C@H](OCCCCCCNC(=O)CO[C@@H]2O[C@H](CO)[C@H](O)[C@H](O)[C@H]2NC(C)=O)O[C@@H]1COP(=O)([O-])OC1C[C@H](OCCCCCCNC(=O)CO[C@@H]2O[C@H](CO)[C@H](O)[C@H](O)[C@H]2NC(C)=O)O[C@@H]1CO. The molecule has 5 unspecified atom stereocenters. The van der Waals surface area contributed by atoms with Crippen LogP contribution >= 0.6 is 15.6 Å². The molecule has 15 N–H and O–H groups in total. The van der Waals surface area contributed by atoms with E-state index in [1.807, 2.05) is 0 Å². The van der Waals surface area contributed by atoms with Crippen molar-refractivity contribution in [2.75, 3.05) is 106 Å². The van der Waals surface area contributed by atoms with Gasteiger partial charge in [0.1, 0.15) is 92.9 Å². The van der Waals surface area contributed by atoms with Crippen molar-refractivity contribution in [3.05, 3.63) is 0 Å². The van der Waals surface area contributed by atoms with Crippen molar-refractivity contribution in [3.8, 4) is 0 Å². The van der Waals surface area contributed by atoms with Gasteiger partial charge in [0.15, 0.2) is 37.7 Å². The normalized spacial score (nSPS) is 33.7. The van der Waals surface area contributed by atoms with Crippen LogP contribution in [-0.2, 0) is 118 Å². The number of carbonyl (C=O) groups excluding carboxylic acids is 6. The van der Waals surface area contributed by atoms with Crippen LogP contribution in [0.1, 0.15) is 124 Å². The Labute approximate surface area is 631 Å². The van der Waals surface area contributed by atoms with Gasteiger partial charge in [0.05, 0.1) is 70.2 Å². The minimum Gasteiger partial charge on any atom is -0.756 e. The van der Waals surface area contributed by atoms with E-state index in [1.165, 1.54) is 27.9 Å². The summed E-state index contributed by atoms with van der Waals surface area (Å²) in [6, 6.07) is -3.40. The predicted octanol–water partition coefficient (Wildman–Crippen LogP) is -5.69. The molecule has 0 saturated carbocycles. The third-order valence-corrected chi connectivity index (χ3v) is 20.7. The van der Waals surface area contributed by atoms with Gasteiger partial charge in [0.2, 0.25) is 35.4 Å². The van der Waals surface area contributed by atoms with Crippen LogP contribution in [0, 0.1) is 5.92 Å². The number of carbonyl (C=O) groups is 6. The fourth-order valence-electron chi connectivity index (χ4n) is 12.8. The van der Waals surface area contributed by atoms with Crippen molar-refractivity contribution in [2.24, 2.45) is 5.92 Å². The number of ether oxygens (including phenoxy) is 13. The number of phosphoric acid groups is 2. The second-order valence-electron chi connectivity index (χ2n) is 27.3. The lowest BCUT2D eigenvalue weighted by molar-refractivity contribution is -0.268. The van der Waals surface area contributed by atoms with Gasteiger partial charge < -0.3 is 167 Å². The second kappa shape index (κ2) is 48.5. The zero-order chi connectivity index (χ0) is 79.8. The van der Waals surface area contributed by atoms with Crippen LogP contribution in [0.2, 0.25) is 0 Å². The molecule has 0 radical (unpaired) electrons. The number of aliphatic hydroxyl groups excluding tert-OH is 9. The number of amides is 6. The fraction of sp³-hybridized carbons (Fsp3) is 0.908. The number of rotatable bonds is 51. The molecule has 6 heterocycles. The summed E-state index contributed by atoms with van der Waals surface area (Å²) in [5.74, 6) is -3.60. The van der Waals surface area contributed by atoms with Gasteiger partial charge in [-0.25, -0.2) is 0 Å². The van der Waals surface area contributed by atoms with Crippen LogP contribution in [0.4, 0.5) is 0 Å². The maximum Gasteiger partial charge on any atom is 0.268 e. The van der Waals surface area contributed by atoms with Gasteiger partial charge in [-0.05, 0) is 38.5 Å².